The highest BCUT2D eigenvalue weighted by molar-refractivity contribution is 7.99. The molecule has 9 heteroatoms. The molecular formula is C33H54N2O5SSi. The van der Waals surface area contributed by atoms with Gasteiger partial charge in [-0.05, 0) is 68.8 Å². The molecule has 0 aliphatic rings. The van der Waals surface area contributed by atoms with Crippen LogP contribution in [-0.4, -0.2) is 49.4 Å². The molecule has 0 fully saturated rings. The van der Waals surface area contributed by atoms with Crippen molar-refractivity contribution >= 4 is 31.8 Å². The number of aryl methyl sites for hydroxylation is 3. The molecule has 1 aromatic heterocycles. The Hall–Kier alpha value is -2.10. The van der Waals surface area contributed by atoms with Crippen LogP contribution in [0.4, 0.5) is 0 Å². The normalized spacial score (nSPS) is 11.7. The number of hydrogen-bond donors (Lipinski definition) is 0. The molecule has 0 radical (unpaired) electrons. The Morgan fingerprint density at radius 1 is 0.833 bits per heavy atom. The number of nitrogens with zero attached hydrogens (tertiary/aromatic N) is 2. The molecule has 0 atom stereocenters. The van der Waals surface area contributed by atoms with Crippen molar-refractivity contribution in [2.75, 3.05) is 19.8 Å². The largest absolute Gasteiger partial charge is 0.466 e. The number of carbonyl (C=O) groups is 2. The Morgan fingerprint density at radius 2 is 1.38 bits per heavy atom. The van der Waals surface area contributed by atoms with Crippen LogP contribution in [0.2, 0.25) is 25.7 Å². The number of ether oxygens (including phenoxy) is 3. The Balaban J connectivity index is 1.60. The summed E-state index contributed by atoms with van der Waals surface area (Å²) < 4.78 is 18.7. The second kappa shape index (κ2) is 18.5. The second-order valence-corrected chi connectivity index (χ2v) is 19.5. The zero-order chi connectivity index (χ0) is 31.1. The first-order chi connectivity index (χ1) is 19.9. The minimum atomic E-state index is -1.15. The van der Waals surface area contributed by atoms with E-state index in [0.717, 1.165) is 61.1 Å². The maximum atomic E-state index is 12.1. The van der Waals surface area contributed by atoms with Gasteiger partial charge in [0.25, 0.3) is 0 Å². The molecule has 2 rings (SSSR count). The van der Waals surface area contributed by atoms with E-state index >= 15 is 0 Å². The fraction of sp³-hybridized carbons (Fsp3) is 0.667. The highest BCUT2D eigenvalue weighted by Gasteiger charge is 2.19. The van der Waals surface area contributed by atoms with Crippen molar-refractivity contribution in [3.8, 4) is 0 Å². The van der Waals surface area contributed by atoms with E-state index < -0.39 is 8.07 Å². The summed E-state index contributed by atoms with van der Waals surface area (Å²) in [6, 6.07) is 7.60. The predicted octanol–water partition coefficient (Wildman–Crippen LogP) is 8.60. The van der Waals surface area contributed by atoms with Crippen LogP contribution in [-0.2, 0) is 30.5 Å². The Kier molecular flexibility index (Phi) is 15.9. The average Bonchev–Trinajstić information content (AvgIpc) is 3.19. The molecule has 0 unspecified atom stereocenters. The molecule has 1 aromatic carbocycles. The number of carbonyl (C=O) groups excluding carboxylic acids is 2. The van der Waals surface area contributed by atoms with Crippen molar-refractivity contribution in [1.82, 2.24) is 9.55 Å². The molecule has 0 amide bonds. The van der Waals surface area contributed by atoms with Crippen LogP contribution in [0.15, 0.2) is 28.1 Å². The summed E-state index contributed by atoms with van der Waals surface area (Å²) >= 11 is 1.72. The van der Waals surface area contributed by atoms with Crippen LogP contribution in [0.5, 0.6) is 0 Å². The van der Waals surface area contributed by atoms with Crippen molar-refractivity contribution in [3.05, 3.63) is 40.8 Å². The van der Waals surface area contributed by atoms with Gasteiger partial charge in [-0.15, -0.1) is 0 Å². The average molecular weight is 619 g/mol. The lowest BCUT2D eigenvalue weighted by atomic mass is 10.1. The minimum Gasteiger partial charge on any atom is -0.466 e. The van der Waals surface area contributed by atoms with Crippen molar-refractivity contribution in [1.29, 1.82) is 0 Å². The predicted molar refractivity (Wildman–Crippen MR) is 174 cm³/mol. The molecule has 42 heavy (non-hydrogen) atoms. The van der Waals surface area contributed by atoms with Crippen molar-refractivity contribution in [2.45, 2.75) is 134 Å². The third-order valence-electron chi connectivity index (χ3n) is 6.93. The fourth-order valence-electron chi connectivity index (χ4n) is 4.54. The van der Waals surface area contributed by atoms with E-state index in [9.17, 15) is 9.59 Å². The van der Waals surface area contributed by atoms with Crippen molar-refractivity contribution < 1.29 is 23.8 Å². The Bertz CT molecular complexity index is 1110. The van der Waals surface area contributed by atoms with Gasteiger partial charge in [-0.2, -0.15) is 0 Å². The van der Waals surface area contributed by atoms with E-state index in [2.05, 4.69) is 70.1 Å². The van der Waals surface area contributed by atoms with Crippen LogP contribution in [0, 0.1) is 20.8 Å². The van der Waals surface area contributed by atoms with Crippen molar-refractivity contribution in [3.63, 3.8) is 0 Å². The summed E-state index contributed by atoms with van der Waals surface area (Å²) in [6.45, 7) is 18.9. The van der Waals surface area contributed by atoms with Gasteiger partial charge in [0.05, 0.1) is 18.9 Å². The lowest BCUT2D eigenvalue weighted by Gasteiger charge is -2.15. The van der Waals surface area contributed by atoms with Gasteiger partial charge in [0, 0.05) is 25.8 Å². The molecule has 2 aromatic rings. The standard InChI is InChI=1S/C33H54N2O5SSi/c1-25(2)32-33(41-29-22-26(3)21-27(4)23-29)35(28(5)34-32)24-38-17-18-39-30(36)15-13-11-9-10-12-14-16-31(37)40-19-20-42(6,7)8/h21-23,25H,9-20,24H2,1-8H3. The van der Waals surface area contributed by atoms with Gasteiger partial charge >= 0.3 is 11.9 Å². The van der Waals surface area contributed by atoms with E-state index in [4.69, 9.17) is 19.2 Å². The van der Waals surface area contributed by atoms with Gasteiger partial charge in [-0.25, -0.2) is 4.98 Å². The van der Waals surface area contributed by atoms with E-state index in [1.165, 1.54) is 16.0 Å². The first kappa shape index (κ1) is 36.1. The molecule has 1 heterocycles. The monoisotopic (exact) mass is 618 g/mol. The molecule has 0 saturated carbocycles. The maximum absolute atomic E-state index is 12.1. The molecule has 236 valence electrons. The molecule has 0 aliphatic heterocycles. The number of hydrogen-bond acceptors (Lipinski definition) is 7. The highest BCUT2D eigenvalue weighted by Crippen LogP contribution is 2.35. The zero-order valence-electron chi connectivity index (χ0n) is 27.3. The first-order valence-electron chi connectivity index (χ1n) is 15.6. The molecular weight excluding hydrogens is 565 g/mol. The van der Waals surface area contributed by atoms with Gasteiger partial charge < -0.3 is 14.2 Å². The smallest absolute Gasteiger partial charge is 0.305 e. The Morgan fingerprint density at radius 3 is 1.93 bits per heavy atom. The van der Waals surface area contributed by atoms with E-state index in [-0.39, 0.29) is 18.5 Å². The number of imidazole rings is 1. The van der Waals surface area contributed by atoms with Gasteiger partial charge in [0.1, 0.15) is 24.2 Å². The highest BCUT2D eigenvalue weighted by atomic mass is 32.2. The maximum Gasteiger partial charge on any atom is 0.305 e. The quantitative estimate of drug-likeness (QED) is 0.0835. The van der Waals surface area contributed by atoms with E-state index in [1.54, 1.807) is 11.8 Å². The number of benzene rings is 1. The lowest BCUT2D eigenvalue weighted by Crippen LogP contribution is -2.22. The topological polar surface area (TPSA) is 79.7 Å². The van der Waals surface area contributed by atoms with Gasteiger partial charge in [-0.1, -0.05) is 77.0 Å². The molecule has 0 N–H and O–H groups in total. The molecule has 0 saturated heterocycles. The lowest BCUT2D eigenvalue weighted by molar-refractivity contribution is -0.146. The molecule has 0 bridgehead atoms. The molecule has 0 spiro atoms. The second-order valence-electron chi connectivity index (χ2n) is 12.8. The summed E-state index contributed by atoms with van der Waals surface area (Å²) in [6.07, 6.45) is 6.77. The summed E-state index contributed by atoms with van der Waals surface area (Å²) in [5, 5.41) is 1.10. The number of unbranched alkanes of at least 4 members (excludes halogenated alkanes) is 5. The Labute approximate surface area is 259 Å². The van der Waals surface area contributed by atoms with E-state index in [1.807, 2.05) is 6.92 Å². The van der Waals surface area contributed by atoms with Crippen LogP contribution < -0.4 is 0 Å². The third-order valence-corrected chi connectivity index (χ3v) is 9.73. The number of rotatable bonds is 20. The van der Waals surface area contributed by atoms with Gasteiger partial charge in [-0.3, -0.25) is 14.2 Å². The summed E-state index contributed by atoms with van der Waals surface area (Å²) in [4.78, 5) is 30.0. The number of aromatic nitrogens is 2. The van der Waals surface area contributed by atoms with Crippen LogP contribution in [0.3, 0.4) is 0 Å². The first-order valence-corrected chi connectivity index (χ1v) is 20.1. The minimum absolute atomic E-state index is 0.0721. The number of esters is 2. The zero-order valence-corrected chi connectivity index (χ0v) is 29.2. The van der Waals surface area contributed by atoms with Crippen LogP contribution in [0.25, 0.3) is 0 Å². The van der Waals surface area contributed by atoms with Crippen LogP contribution in [0.1, 0.15) is 93.8 Å². The summed E-state index contributed by atoms with van der Waals surface area (Å²) in [7, 11) is -1.15. The molecule has 0 aliphatic carbocycles. The van der Waals surface area contributed by atoms with E-state index in [0.29, 0.717) is 38.7 Å². The third kappa shape index (κ3) is 14.4. The molecule has 7 nitrogen and oxygen atoms in total. The summed E-state index contributed by atoms with van der Waals surface area (Å²) in [5.74, 6) is 0.969. The van der Waals surface area contributed by atoms with Crippen molar-refractivity contribution in [2.24, 2.45) is 0 Å². The SMILES string of the molecule is Cc1cc(C)cc(Sc2c(C(C)C)nc(C)n2COCCOC(=O)CCCCCCCCC(=O)OCC[Si](C)(C)C)c1. The van der Waals surface area contributed by atoms with Crippen LogP contribution >= 0.6 is 11.8 Å². The summed E-state index contributed by atoms with van der Waals surface area (Å²) in [5.41, 5.74) is 3.56. The fourth-order valence-corrected chi connectivity index (χ4v) is 6.65. The van der Waals surface area contributed by atoms with Gasteiger partial charge in [0.15, 0.2) is 0 Å². The van der Waals surface area contributed by atoms with Gasteiger partial charge in [0.2, 0.25) is 0 Å².